The highest BCUT2D eigenvalue weighted by Crippen LogP contribution is 2.31. The van der Waals surface area contributed by atoms with Crippen molar-refractivity contribution in [2.75, 3.05) is 6.54 Å². The van der Waals surface area contributed by atoms with E-state index in [9.17, 15) is 24.5 Å². The second-order valence-corrected chi connectivity index (χ2v) is 5.58. The number of hydrogen-bond donors (Lipinski definition) is 0. The van der Waals surface area contributed by atoms with Gasteiger partial charge in [0.05, 0.1) is 16.9 Å². The monoisotopic (exact) mass is 290 g/mol. The van der Waals surface area contributed by atoms with Crippen LogP contribution in [0.4, 0.5) is 5.69 Å². The molecule has 1 aliphatic heterocycles. The summed E-state index contributed by atoms with van der Waals surface area (Å²) in [6.45, 7) is 2.90. The summed E-state index contributed by atoms with van der Waals surface area (Å²) in [6.07, 6.45) is 0.0635. The maximum Gasteiger partial charge on any atom is 0.270 e. The molecule has 0 N–H and O–H groups in total. The average molecular weight is 290 g/mol. The number of non-ortho nitro benzene ring substituents is 1. The maximum absolute atomic E-state index is 12.1. The summed E-state index contributed by atoms with van der Waals surface area (Å²) in [5, 5.41) is 10.7. The fourth-order valence-electron chi connectivity index (χ4n) is 2.22. The molecule has 0 spiro atoms. The van der Waals surface area contributed by atoms with Crippen LogP contribution in [-0.4, -0.2) is 34.0 Å². The summed E-state index contributed by atoms with van der Waals surface area (Å²) in [4.78, 5) is 46.9. The largest absolute Gasteiger partial charge is 0.292 e. The summed E-state index contributed by atoms with van der Waals surface area (Å²) >= 11 is 0. The van der Waals surface area contributed by atoms with Crippen molar-refractivity contribution in [2.45, 2.75) is 20.3 Å². The molecule has 0 bridgehead atoms. The number of rotatable bonds is 4. The Morgan fingerprint density at radius 2 is 2.05 bits per heavy atom. The molecule has 0 aromatic heterocycles. The number of imide groups is 1. The van der Waals surface area contributed by atoms with Crippen LogP contribution in [0, 0.1) is 15.5 Å². The minimum absolute atomic E-state index is 0.0635. The fourth-order valence-corrected chi connectivity index (χ4v) is 2.22. The van der Waals surface area contributed by atoms with Crippen LogP contribution in [-0.2, 0) is 9.59 Å². The maximum atomic E-state index is 12.1. The van der Waals surface area contributed by atoms with Crippen LogP contribution < -0.4 is 0 Å². The third-order valence-electron chi connectivity index (χ3n) is 3.40. The average Bonchev–Trinajstić information content (AvgIpc) is 2.61. The molecular formula is C14H14N2O5. The Morgan fingerprint density at radius 3 is 2.57 bits per heavy atom. The Hall–Kier alpha value is -2.57. The Morgan fingerprint density at radius 1 is 1.38 bits per heavy atom. The third-order valence-corrected chi connectivity index (χ3v) is 3.40. The molecule has 1 saturated heterocycles. The van der Waals surface area contributed by atoms with E-state index in [4.69, 9.17) is 0 Å². The lowest BCUT2D eigenvalue weighted by Crippen LogP contribution is -2.37. The van der Waals surface area contributed by atoms with Crippen LogP contribution >= 0.6 is 0 Å². The SMILES string of the molecule is CC1(C)CC(=O)N(CC(=O)c2cccc([N+](=O)[O-])c2)C1=O. The Labute approximate surface area is 120 Å². The smallest absolute Gasteiger partial charge is 0.270 e. The lowest BCUT2D eigenvalue weighted by molar-refractivity contribution is -0.384. The van der Waals surface area contributed by atoms with Gasteiger partial charge in [0.1, 0.15) is 0 Å². The van der Waals surface area contributed by atoms with Crippen LogP contribution in [0.15, 0.2) is 24.3 Å². The molecule has 21 heavy (non-hydrogen) atoms. The zero-order valence-electron chi connectivity index (χ0n) is 11.7. The van der Waals surface area contributed by atoms with E-state index < -0.39 is 27.9 Å². The number of amides is 2. The number of carbonyl (C=O) groups excluding carboxylic acids is 3. The molecule has 0 saturated carbocycles. The molecular weight excluding hydrogens is 276 g/mol. The second-order valence-electron chi connectivity index (χ2n) is 5.58. The zero-order valence-corrected chi connectivity index (χ0v) is 11.7. The van der Waals surface area contributed by atoms with Crippen molar-refractivity contribution in [2.24, 2.45) is 5.41 Å². The van der Waals surface area contributed by atoms with E-state index in [2.05, 4.69) is 0 Å². The molecule has 7 nitrogen and oxygen atoms in total. The summed E-state index contributed by atoms with van der Waals surface area (Å²) < 4.78 is 0. The molecule has 1 heterocycles. The number of hydrogen-bond acceptors (Lipinski definition) is 5. The minimum Gasteiger partial charge on any atom is -0.292 e. The molecule has 0 atom stereocenters. The molecule has 110 valence electrons. The fraction of sp³-hybridized carbons (Fsp3) is 0.357. The van der Waals surface area contributed by atoms with Gasteiger partial charge in [0, 0.05) is 24.1 Å². The van der Waals surface area contributed by atoms with E-state index in [0.717, 1.165) is 11.0 Å². The van der Waals surface area contributed by atoms with Crippen molar-refractivity contribution in [1.82, 2.24) is 4.90 Å². The lowest BCUT2D eigenvalue weighted by Gasteiger charge is -2.16. The summed E-state index contributed by atoms with van der Waals surface area (Å²) in [5.41, 5.74) is -0.908. The molecule has 7 heteroatoms. The van der Waals surface area contributed by atoms with Gasteiger partial charge < -0.3 is 0 Å². The normalized spacial score (nSPS) is 17.1. The van der Waals surface area contributed by atoms with Gasteiger partial charge in [-0.1, -0.05) is 26.0 Å². The lowest BCUT2D eigenvalue weighted by atomic mass is 9.92. The third kappa shape index (κ3) is 2.81. The number of Topliss-reactive ketones (excluding diaryl/α,β-unsaturated/α-hetero) is 1. The molecule has 1 aliphatic rings. The van der Waals surface area contributed by atoms with Gasteiger partial charge in [-0.3, -0.25) is 29.4 Å². The quantitative estimate of drug-likeness (QED) is 0.363. The van der Waals surface area contributed by atoms with Gasteiger partial charge in [-0.05, 0) is 0 Å². The van der Waals surface area contributed by atoms with Gasteiger partial charge >= 0.3 is 0 Å². The highest BCUT2D eigenvalue weighted by molar-refractivity contribution is 6.10. The van der Waals surface area contributed by atoms with Crippen molar-refractivity contribution < 1.29 is 19.3 Å². The summed E-state index contributed by atoms with van der Waals surface area (Å²) in [5.74, 6) is -1.30. The Bertz CT molecular complexity index is 651. The van der Waals surface area contributed by atoms with E-state index in [1.165, 1.54) is 18.2 Å². The predicted octanol–water partition coefficient (Wildman–Crippen LogP) is 1.56. The molecule has 0 radical (unpaired) electrons. The van der Waals surface area contributed by atoms with E-state index in [1.54, 1.807) is 13.8 Å². The number of ketones is 1. The summed E-state index contributed by atoms with van der Waals surface area (Å²) in [6, 6.07) is 5.22. The highest BCUT2D eigenvalue weighted by atomic mass is 16.6. The van der Waals surface area contributed by atoms with Crippen molar-refractivity contribution >= 4 is 23.3 Å². The van der Waals surface area contributed by atoms with Crippen molar-refractivity contribution in [1.29, 1.82) is 0 Å². The molecule has 2 amide bonds. The topological polar surface area (TPSA) is 97.6 Å². The van der Waals surface area contributed by atoms with Gasteiger partial charge in [0.15, 0.2) is 5.78 Å². The van der Waals surface area contributed by atoms with Crippen LogP contribution in [0.1, 0.15) is 30.6 Å². The Balaban J connectivity index is 2.19. The van der Waals surface area contributed by atoms with Gasteiger partial charge in [0.25, 0.3) is 5.69 Å². The molecule has 1 aromatic rings. The number of benzene rings is 1. The molecule has 1 fully saturated rings. The van der Waals surface area contributed by atoms with Crippen LogP contribution in [0.3, 0.4) is 0 Å². The first kappa shape index (κ1) is 14.8. The first-order valence-corrected chi connectivity index (χ1v) is 6.35. The zero-order chi connectivity index (χ0) is 15.8. The van der Waals surface area contributed by atoms with E-state index >= 15 is 0 Å². The van der Waals surface area contributed by atoms with Crippen LogP contribution in [0.25, 0.3) is 0 Å². The van der Waals surface area contributed by atoms with Gasteiger partial charge in [0.2, 0.25) is 11.8 Å². The molecule has 2 rings (SSSR count). The number of likely N-dealkylation sites (tertiary alicyclic amines) is 1. The van der Waals surface area contributed by atoms with Gasteiger partial charge in [-0.15, -0.1) is 0 Å². The Kier molecular flexibility index (Phi) is 3.59. The van der Waals surface area contributed by atoms with Gasteiger partial charge in [-0.2, -0.15) is 0 Å². The van der Waals surface area contributed by atoms with Gasteiger partial charge in [-0.25, -0.2) is 0 Å². The second kappa shape index (κ2) is 5.08. The van der Waals surface area contributed by atoms with Crippen molar-refractivity contribution in [3.63, 3.8) is 0 Å². The minimum atomic E-state index is -0.806. The summed E-state index contributed by atoms with van der Waals surface area (Å²) in [7, 11) is 0. The van der Waals surface area contributed by atoms with Crippen molar-refractivity contribution in [3.05, 3.63) is 39.9 Å². The highest BCUT2D eigenvalue weighted by Gasteiger charge is 2.45. The molecule has 0 aliphatic carbocycles. The first-order chi connectivity index (χ1) is 9.72. The number of carbonyl (C=O) groups is 3. The standard InChI is InChI=1S/C14H14N2O5/c1-14(2)7-12(18)15(13(14)19)8-11(17)9-4-3-5-10(6-9)16(20)21/h3-6H,7-8H2,1-2H3. The van der Waals surface area contributed by atoms with Crippen LogP contribution in [0.5, 0.6) is 0 Å². The number of nitrogens with zero attached hydrogens (tertiary/aromatic N) is 2. The molecule has 0 unspecified atom stereocenters. The predicted molar refractivity (Wildman–Crippen MR) is 72.5 cm³/mol. The molecule has 1 aromatic carbocycles. The van der Waals surface area contributed by atoms with Crippen LogP contribution in [0.2, 0.25) is 0 Å². The van der Waals surface area contributed by atoms with Crippen molar-refractivity contribution in [3.8, 4) is 0 Å². The first-order valence-electron chi connectivity index (χ1n) is 6.35. The van der Waals surface area contributed by atoms with E-state index in [0.29, 0.717) is 0 Å². The van der Waals surface area contributed by atoms with E-state index in [1.807, 2.05) is 0 Å². The number of nitro benzene ring substituents is 1. The number of nitro groups is 1. The van der Waals surface area contributed by atoms with E-state index in [-0.39, 0.29) is 24.2 Å².